The molecule has 0 saturated carbocycles. The van der Waals surface area contributed by atoms with Gasteiger partial charge in [0.05, 0.1) is 25.0 Å². The van der Waals surface area contributed by atoms with E-state index in [-0.39, 0.29) is 12.5 Å². The fraction of sp³-hybridized carbons (Fsp3) is 0.455. The number of nitrogens with one attached hydrogen (secondary N) is 1. The third-order valence-corrected chi connectivity index (χ3v) is 2.22. The number of aromatic nitrogens is 1. The molecular formula is C11H18N4O2. The topological polar surface area (TPSA) is 80.5 Å². The maximum atomic E-state index is 11.5. The summed E-state index contributed by atoms with van der Waals surface area (Å²) < 4.78 is 4.84. The molecular weight excluding hydrogens is 220 g/mol. The van der Waals surface area contributed by atoms with Crippen LogP contribution in [0.25, 0.3) is 0 Å². The molecule has 0 aliphatic heterocycles. The third kappa shape index (κ3) is 4.69. The number of amides is 1. The Labute approximate surface area is 101 Å². The lowest BCUT2D eigenvalue weighted by Crippen LogP contribution is -2.36. The van der Waals surface area contributed by atoms with Gasteiger partial charge in [-0.3, -0.25) is 4.79 Å². The van der Waals surface area contributed by atoms with E-state index in [1.165, 1.54) is 0 Å². The predicted octanol–water partition coefficient (Wildman–Crippen LogP) is -0.137. The number of likely N-dealkylation sites (N-methyl/N-ethyl adjacent to an activating group) is 1. The summed E-state index contributed by atoms with van der Waals surface area (Å²) in [7, 11) is 3.42. The van der Waals surface area contributed by atoms with Crippen LogP contribution in [-0.4, -0.2) is 44.7 Å². The van der Waals surface area contributed by atoms with Crippen LogP contribution >= 0.6 is 0 Å². The van der Waals surface area contributed by atoms with Crippen molar-refractivity contribution in [3.05, 3.63) is 18.3 Å². The molecule has 6 nitrogen and oxygen atoms in total. The van der Waals surface area contributed by atoms with E-state index in [4.69, 9.17) is 10.5 Å². The first-order valence-electron chi connectivity index (χ1n) is 5.32. The number of carbonyl (C=O) groups excluding carboxylic acids is 1. The minimum absolute atomic E-state index is 0.0543. The quantitative estimate of drug-likeness (QED) is 0.674. The van der Waals surface area contributed by atoms with Crippen LogP contribution in [0.5, 0.6) is 0 Å². The van der Waals surface area contributed by atoms with Crippen LogP contribution in [0, 0.1) is 0 Å². The third-order valence-electron chi connectivity index (χ3n) is 2.22. The van der Waals surface area contributed by atoms with Gasteiger partial charge >= 0.3 is 0 Å². The lowest BCUT2D eigenvalue weighted by atomic mass is 10.3. The Bertz CT molecular complexity index is 353. The summed E-state index contributed by atoms with van der Waals surface area (Å²) in [6.07, 6.45) is 1.64. The van der Waals surface area contributed by atoms with Crippen LogP contribution in [0.15, 0.2) is 18.3 Å². The van der Waals surface area contributed by atoms with Crippen molar-refractivity contribution < 1.29 is 9.53 Å². The minimum atomic E-state index is -0.0543. The van der Waals surface area contributed by atoms with Crippen molar-refractivity contribution in [1.82, 2.24) is 10.3 Å². The van der Waals surface area contributed by atoms with E-state index in [9.17, 15) is 4.79 Å². The molecule has 3 N–H and O–H groups in total. The number of ether oxygens (including phenoxy) is 1. The second kappa shape index (κ2) is 6.70. The summed E-state index contributed by atoms with van der Waals surface area (Å²) in [5.41, 5.74) is 6.33. The molecule has 0 aliphatic carbocycles. The maximum absolute atomic E-state index is 11.5. The molecule has 0 atom stereocenters. The Morgan fingerprint density at radius 1 is 1.59 bits per heavy atom. The van der Waals surface area contributed by atoms with Gasteiger partial charge in [0.2, 0.25) is 5.91 Å². The SMILES string of the molecule is COCCNC(=O)CN(C)c1ccc(N)nc1. The second-order valence-electron chi connectivity index (χ2n) is 3.64. The lowest BCUT2D eigenvalue weighted by molar-refractivity contribution is -0.119. The summed E-state index contributed by atoms with van der Waals surface area (Å²) in [4.78, 5) is 17.3. The maximum Gasteiger partial charge on any atom is 0.239 e. The Morgan fingerprint density at radius 2 is 2.35 bits per heavy atom. The number of hydrogen-bond donors (Lipinski definition) is 2. The van der Waals surface area contributed by atoms with E-state index in [2.05, 4.69) is 10.3 Å². The normalized spacial score (nSPS) is 10.0. The van der Waals surface area contributed by atoms with Crippen molar-refractivity contribution in [2.24, 2.45) is 0 Å². The van der Waals surface area contributed by atoms with Crippen molar-refractivity contribution >= 4 is 17.4 Å². The molecule has 1 aromatic rings. The van der Waals surface area contributed by atoms with E-state index in [0.29, 0.717) is 19.0 Å². The summed E-state index contributed by atoms with van der Waals surface area (Å²) in [5, 5.41) is 2.74. The molecule has 1 heterocycles. The molecule has 94 valence electrons. The molecule has 0 unspecified atom stereocenters. The van der Waals surface area contributed by atoms with E-state index < -0.39 is 0 Å². The summed E-state index contributed by atoms with van der Waals surface area (Å²) in [6.45, 7) is 1.30. The van der Waals surface area contributed by atoms with Gasteiger partial charge < -0.3 is 20.7 Å². The first-order valence-corrected chi connectivity index (χ1v) is 5.32. The van der Waals surface area contributed by atoms with Crippen molar-refractivity contribution in [2.45, 2.75) is 0 Å². The molecule has 0 aliphatic rings. The minimum Gasteiger partial charge on any atom is -0.384 e. The van der Waals surface area contributed by atoms with Gasteiger partial charge in [-0.2, -0.15) is 0 Å². The highest BCUT2D eigenvalue weighted by atomic mass is 16.5. The smallest absolute Gasteiger partial charge is 0.239 e. The fourth-order valence-corrected chi connectivity index (χ4v) is 1.28. The highest BCUT2D eigenvalue weighted by Crippen LogP contribution is 2.11. The summed E-state index contributed by atoms with van der Waals surface area (Å²) >= 11 is 0. The van der Waals surface area contributed by atoms with Crippen LogP contribution in [0.3, 0.4) is 0 Å². The van der Waals surface area contributed by atoms with E-state index in [1.54, 1.807) is 24.3 Å². The first kappa shape index (κ1) is 13.2. The Balaban J connectivity index is 2.40. The van der Waals surface area contributed by atoms with Gasteiger partial charge in [0.1, 0.15) is 5.82 Å². The fourth-order valence-electron chi connectivity index (χ4n) is 1.28. The summed E-state index contributed by atoms with van der Waals surface area (Å²) in [6, 6.07) is 3.53. The number of rotatable bonds is 6. The average Bonchev–Trinajstić information content (AvgIpc) is 2.30. The van der Waals surface area contributed by atoms with E-state index in [1.807, 2.05) is 13.1 Å². The standard InChI is InChI=1S/C11H18N4O2/c1-15(8-11(16)13-5-6-17-2)9-3-4-10(12)14-7-9/h3-4,7H,5-6,8H2,1-2H3,(H2,12,14)(H,13,16). The monoisotopic (exact) mass is 238 g/mol. The van der Waals surface area contributed by atoms with Gasteiger partial charge in [0.15, 0.2) is 0 Å². The molecule has 17 heavy (non-hydrogen) atoms. The number of nitrogens with two attached hydrogens (primary N) is 1. The molecule has 1 aromatic heterocycles. The number of anilines is 2. The van der Waals surface area contributed by atoms with Gasteiger partial charge in [-0.1, -0.05) is 0 Å². The number of nitrogen functional groups attached to an aromatic ring is 1. The van der Waals surface area contributed by atoms with Crippen molar-refractivity contribution in [3.63, 3.8) is 0 Å². The van der Waals surface area contributed by atoms with E-state index >= 15 is 0 Å². The highest BCUT2D eigenvalue weighted by molar-refractivity contribution is 5.81. The Hall–Kier alpha value is -1.82. The number of pyridine rings is 1. The van der Waals surface area contributed by atoms with Gasteiger partial charge in [-0.05, 0) is 12.1 Å². The van der Waals surface area contributed by atoms with Crippen LogP contribution in [0.2, 0.25) is 0 Å². The molecule has 0 spiro atoms. The molecule has 1 rings (SSSR count). The van der Waals surface area contributed by atoms with E-state index in [0.717, 1.165) is 5.69 Å². The van der Waals surface area contributed by atoms with Crippen molar-refractivity contribution in [1.29, 1.82) is 0 Å². The Morgan fingerprint density at radius 3 is 2.94 bits per heavy atom. The van der Waals surface area contributed by atoms with Gasteiger partial charge in [0.25, 0.3) is 0 Å². The van der Waals surface area contributed by atoms with Crippen molar-refractivity contribution in [3.8, 4) is 0 Å². The number of carbonyl (C=O) groups is 1. The molecule has 0 bridgehead atoms. The largest absolute Gasteiger partial charge is 0.384 e. The van der Waals surface area contributed by atoms with Crippen LogP contribution in [-0.2, 0) is 9.53 Å². The van der Waals surface area contributed by atoms with Crippen molar-refractivity contribution in [2.75, 3.05) is 44.5 Å². The molecule has 0 aromatic carbocycles. The van der Waals surface area contributed by atoms with Crippen LogP contribution in [0.1, 0.15) is 0 Å². The average molecular weight is 238 g/mol. The zero-order valence-corrected chi connectivity index (χ0v) is 10.1. The summed E-state index contributed by atoms with van der Waals surface area (Å²) in [5.74, 6) is 0.410. The zero-order valence-electron chi connectivity index (χ0n) is 10.1. The molecule has 1 amide bonds. The first-order chi connectivity index (χ1) is 8.13. The molecule has 0 fully saturated rings. The molecule has 0 radical (unpaired) electrons. The van der Waals surface area contributed by atoms with Gasteiger partial charge in [-0.15, -0.1) is 0 Å². The second-order valence-corrected chi connectivity index (χ2v) is 3.64. The highest BCUT2D eigenvalue weighted by Gasteiger charge is 2.06. The van der Waals surface area contributed by atoms with Gasteiger partial charge in [-0.25, -0.2) is 4.98 Å². The number of methoxy groups -OCH3 is 1. The number of nitrogens with zero attached hydrogens (tertiary/aromatic N) is 2. The zero-order chi connectivity index (χ0) is 12.7. The Kier molecular flexibility index (Phi) is 5.22. The lowest BCUT2D eigenvalue weighted by Gasteiger charge is -2.18. The van der Waals surface area contributed by atoms with Crippen LogP contribution in [0.4, 0.5) is 11.5 Å². The predicted molar refractivity (Wildman–Crippen MR) is 66.8 cm³/mol. The molecule has 0 saturated heterocycles. The van der Waals surface area contributed by atoms with Crippen LogP contribution < -0.4 is 16.0 Å². The number of hydrogen-bond acceptors (Lipinski definition) is 5. The molecule has 6 heteroatoms. The van der Waals surface area contributed by atoms with Gasteiger partial charge in [0, 0.05) is 20.7 Å².